The number of carbonyl (C=O) groups excluding carboxylic acids is 3. The highest BCUT2D eigenvalue weighted by molar-refractivity contribution is 7.91. The Labute approximate surface area is 300 Å². The number of aromatic nitrogens is 1. The highest BCUT2D eigenvalue weighted by Gasteiger charge is 2.64. The van der Waals surface area contributed by atoms with Gasteiger partial charge in [0, 0.05) is 36.0 Å². The summed E-state index contributed by atoms with van der Waals surface area (Å²) in [5.74, 6) is -2.49. The molecular weight excluding hydrogens is 697 g/mol. The molecule has 0 unspecified atom stereocenters. The summed E-state index contributed by atoms with van der Waals surface area (Å²) in [6.45, 7) is 3.69. The number of alkyl halides is 1. The Balaban J connectivity index is 1.20. The first-order valence-corrected chi connectivity index (χ1v) is 19.4. The molecule has 0 bridgehead atoms. The van der Waals surface area contributed by atoms with Gasteiger partial charge in [0.1, 0.15) is 29.5 Å². The minimum atomic E-state index is -4.66. The second-order valence-electron chi connectivity index (χ2n) is 15.1. The number of carboxylic acid groups (broad SMARTS) is 1. The standard InChI is InChI=1S/C36H44FN5O9S/c1-20-7-3-4-8-22-17-36(22,33(45)41-52(48,49)35(37)13-14-35)40-30(43)27-16-24(19-42(27)32(44)29(21(2)15-20)39-34(46)47)51-31-26-10-6-5-9-25(26)28(18-38-31)50-23-11-12-23/h4-6,8-10,18,20-24,27,29,39H,3,7,11-17,19H2,1-2H3,(H,40,43)(H,41,45)(H,46,47)/b8-4-/t20-,21-,22-,24-,27+,29+,36-/m1/s1. The summed E-state index contributed by atoms with van der Waals surface area (Å²) < 4.78 is 54.5. The first-order chi connectivity index (χ1) is 24.7. The van der Waals surface area contributed by atoms with Crippen LogP contribution in [0.3, 0.4) is 0 Å². The van der Waals surface area contributed by atoms with Gasteiger partial charge in [-0.15, -0.1) is 0 Å². The lowest BCUT2D eigenvalue weighted by molar-refractivity contribution is -0.142. The fraction of sp³-hybridized carbons (Fsp3) is 0.583. The van der Waals surface area contributed by atoms with Crippen LogP contribution < -0.4 is 24.8 Å². The molecule has 280 valence electrons. The zero-order valence-electron chi connectivity index (χ0n) is 29.0. The number of ether oxygens (including phenoxy) is 2. The summed E-state index contributed by atoms with van der Waals surface area (Å²) in [6.07, 6.45) is 6.46. The van der Waals surface area contributed by atoms with Crippen molar-refractivity contribution in [2.75, 3.05) is 6.54 Å². The number of carbonyl (C=O) groups is 4. The Bertz CT molecular complexity index is 1920. The highest BCUT2D eigenvalue weighted by atomic mass is 32.2. The van der Waals surface area contributed by atoms with Crippen molar-refractivity contribution in [3.63, 3.8) is 0 Å². The number of pyridine rings is 1. The molecule has 7 rings (SSSR count). The van der Waals surface area contributed by atoms with Gasteiger partial charge in [0.05, 0.1) is 18.8 Å². The number of nitrogens with one attached hydrogen (secondary N) is 3. The maximum atomic E-state index is 14.7. The molecule has 2 aliphatic heterocycles. The largest absolute Gasteiger partial charge is 0.488 e. The van der Waals surface area contributed by atoms with E-state index in [0.717, 1.165) is 18.2 Å². The molecule has 0 radical (unpaired) electrons. The van der Waals surface area contributed by atoms with Crippen molar-refractivity contribution in [2.45, 2.75) is 106 Å². The van der Waals surface area contributed by atoms with E-state index in [1.165, 1.54) is 4.90 Å². The lowest BCUT2D eigenvalue weighted by Crippen LogP contribution is -2.59. The Kier molecular flexibility index (Phi) is 9.32. The van der Waals surface area contributed by atoms with Gasteiger partial charge in [0.2, 0.25) is 22.7 Å². The molecule has 1 saturated heterocycles. The molecule has 3 saturated carbocycles. The van der Waals surface area contributed by atoms with Crippen LogP contribution in [0.2, 0.25) is 0 Å². The fourth-order valence-corrected chi connectivity index (χ4v) is 8.72. The van der Waals surface area contributed by atoms with Gasteiger partial charge >= 0.3 is 6.09 Å². The SMILES string of the molecule is C[C@@H]1CC/C=C\[C@@H]2C[C@@]2(C(=O)NS(=O)(=O)C2(F)CC2)NC(=O)[C@@H]2C[C@@H](Oc3ncc(OC4CC4)c4ccccc34)CN2C(=O)[C@@H](NC(=O)O)[C@H](C)C1. The third-order valence-electron chi connectivity index (χ3n) is 10.9. The van der Waals surface area contributed by atoms with E-state index in [1.807, 2.05) is 42.0 Å². The number of amides is 4. The van der Waals surface area contributed by atoms with E-state index in [9.17, 15) is 37.1 Å². The molecule has 5 aliphatic rings. The van der Waals surface area contributed by atoms with Crippen LogP contribution in [-0.2, 0) is 24.4 Å². The van der Waals surface area contributed by atoms with Crippen LogP contribution in [-0.4, -0.2) is 88.6 Å². The van der Waals surface area contributed by atoms with Crippen molar-refractivity contribution in [1.29, 1.82) is 0 Å². The van der Waals surface area contributed by atoms with Gasteiger partial charge in [-0.3, -0.25) is 14.4 Å². The van der Waals surface area contributed by atoms with Gasteiger partial charge in [-0.1, -0.05) is 44.2 Å². The Morgan fingerprint density at radius 2 is 1.79 bits per heavy atom. The number of hydrogen-bond donors (Lipinski definition) is 4. The quantitative estimate of drug-likeness (QED) is 0.291. The highest BCUT2D eigenvalue weighted by Crippen LogP contribution is 2.48. The molecule has 3 heterocycles. The molecular formula is C36H44FN5O9S. The van der Waals surface area contributed by atoms with Gasteiger partial charge in [-0.05, 0) is 56.4 Å². The van der Waals surface area contributed by atoms with E-state index in [4.69, 9.17) is 9.47 Å². The fourth-order valence-electron chi connectivity index (χ4n) is 7.47. The number of fused-ring (bicyclic) bond motifs is 3. The lowest BCUT2D eigenvalue weighted by Gasteiger charge is -2.32. The molecule has 2 aromatic rings. The number of rotatable bonds is 8. The number of allylic oxidation sites excluding steroid dienone is 1. The molecule has 3 aliphatic carbocycles. The van der Waals surface area contributed by atoms with Crippen LogP contribution in [0, 0.1) is 17.8 Å². The van der Waals surface area contributed by atoms with Crippen molar-refractivity contribution >= 4 is 44.6 Å². The van der Waals surface area contributed by atoms with E-state index in [1.54, 1.807) is 19.2 Å². The van der Waals surface area contributed by atoms with Gasteiger partial charge in [0.25, 0.3) is 15.9 Å². The third-order valence-corrected chi connectivity index (χ3v) is 12.7. The molecule has 0 spiro atoms. The topological polar surface area (TPSA) is 193 Å². The lowest BCUT2D eigenvalue weighted by atomic mass is 9.88. The van der Waals surface area contributed by atoms with Crippen LogP contribution in [0.15, 0.2) is 42.6 Å². The summed E-state index contributed by atoms with van der Waals surface area (Å²) in [5, 5.41) is 13.8. The van der Waals surface area contributed by atoms with Crippen LogP contribution in [0.1, 0.15) is 71.6 Å². The summed E-state index contributed by atoms with van der Waals surface area (Å²) >= 11 is 0. The van der Waals surface area contributed by atoms with Crippen molar-refractivity contribution < 1.29 is 46.6 Å². The Hall–Kier alpha value is -4.47. The van der Waals surface area contributed by atoms with Crippen LogP contribution >= 0.6 is 0 Å². The van der Waals surface area contributed by atoms with Gasteiger partial charge in [-0.25, -0.2) is 27.3 Å². The first-order valence-electron chi connectivity index (χ1n) is 17.9. The summed E-state index contributed by atoms with van der Waals surface area (Å²) in [7, 11) is -4.66. The normalized spacial score (nSPS) is 32.2. The molecule has 4 N–H and O–H groups in total. The maximum absolute atomic E-state index is 14.7. The third kappa shape index (κ3) is 7.13. The number of nitrogens with zero attached hydrogens (tertiary/aromatic N) is 2. The predicted octanol–water partition coefficient (Wildman–Crippen LogP) is 3.55. The molecule has 4 amide bonds. The van der Waals surface area contributed by atoms with Crippen LogP contribution in [0.25, 0.3) is 10.8 Å². The minimum Gasteiger partial charge on any atom is -0.488 e. The van der Waals surface area contributed by atoms with E-state index in [0.29, 0.717) is 30.4 Å². The number of halogens is 1. The van der Waals surface area contributed by atoms with Crippen molar-refractivity contribution in [3.05, 3.63) is 42.6 Å². The monoisotopic (exact) mass is 741 g/mol. The van der Waals surface area contributed by atoms with Gasteiger partial charge < -0.3 is 30.1 Å². The predicted molar refractivity (Wildman–Crippen MR) is 185 cm³/mol. The van der Waals surface area contributed by atoms with Crippen LogP contribution in [0.5, 0.6) is 11.6 Å². The van der Waals surface area contributed by atoms with Gasteiger partial charge in [0.15, 0.2) is 0 Å². The van der Waals surface area contributed by atoms with E-state index in [-0.39, 0.29) is 50.1 Å². The first kappa shape index (κ1) is 35.9. The molecule has 1 aromatic heterocycles. The molecule has 16 heteroatoms. The second kappa shape index (κ2) is 13.5. The summed E-state index contributed by atoms with van der Waals surface area (Å²) in [6, 6.07) is 5.01. The van der Waals surface area contributed by atoms with E-state index >= 15 is 0 Å². The number of sulfonamides is 1. The van der Waals surface area contributed by atoms with Crippen molar-refractivity contribution in [3.8, 4) is 11.6 Å². The van der Waals surface area contributed by atoms with Crippen molar-refractivity contribution in [2.24, 2.45) is 17.8 Å². The van der Waals surface area contributed by atoms with E-state index < -0.39 is 74.4 Å². The molecule has 1 aromatic carbocycles. The second-order valence-corrected chi connectivity index (χ2v) is 17.1. The smallest absolute Gasteiger partial charge is 0.405 e. The average molecular weight is 742 g/mol. The summed E-state index contributed by atoms with van der Waals surface area (Å²) in [5.41, 5.74) is -1.70. The minimum absolute atomic E-state index is 0.0391. The number of benzene rings is 1. The van der Waals surface area contributed by atoms with Gasteiger partial charge in [-0.2, -0.15) is 0 Å². The Morgan fingerprint density at radius 3 is 2.48 bits per heavy atom. The zero-order chi connectivity index (χ0) is 37.0. The summed E-state index contributed by atoms with van der Waals surface area (Å²) in [4.78, 5) is 60.0. The zero-order valence-corrected chi connectivity index (χ0v) is 29.9. The molecule has 7 atom stereocenters. The van der Waals surface area contributed by atoms with Crippen LogP contribution in [0.4, 0.5) is 9.18 Å². The van der Waals surface area contributed by atoms with Crippen molar-refractivity contribution in [1.82, 2.24) is 25.2 Å². The molecule has 14 nitrogen and oxygen atoms in total. The maximum Gasteiger partial charge on any atom is 0.405 e. The average Bonchev–Trinajstić information content (AvgIpc) is 4.04. The van der Waals surface area contributed by atoms with E-state index in [2.05, 4.69) is 15.6 Å². The molecule has 4 fully saturated rings. The number of hydrogen-bond acceptors (Lipinski definition) is 9. The Morgan fingerprint density at radius 1 is 1.06 bits per heavy atom. The molecule has 52 heavy (non-hydrogen) atoms.